The topological polar surface area (TPSA) is 50.5 Å². The lowest BCUT2D eigenvalue weighted by Gasteiger charge is -2.25. The first-order valence-corrected chi connectivity index (χ1v) is 11.4. The van der Waals surface area contributed by atoms with Crippen LogP contribution < -0.4 is 0 Å². The molecule has 2 aliphatic rings. The number of carbonyl (C=O) groups is 2. The fourth-order valence-electron chi connectivity index (χ4n) is 3.50. The molecule has 4 rings (SSSR count). The van der Waals surface area contributed by atoms with Crippen molar-refractivity contribution < 1.29 is 14.0 Å². The van der Waals surface area contributed by atoms with Crippen molar-refractivity contribution in [2.75, 3.05) is 6.54 Å². The molecule has 1 aliphatic heterocycles. The highest BCUT2D eigenvalue weighted by Crippen LogP contribution is 2.36. The third kappa shape index (κ3) is 4.67. The van der Waals surface area contributed by atoms with Gasteiger partial charge >= 0.3 is 0 Å². The molecule has 0 unspecified atom stereocenters. The number of benzene rings is 1. The van der Waals surface area contributed by atoms with Crippen molar-refractivity contribution in [1.29, 1.82) is 0 Å². The minimum absolute atomic E-state index is 0.177. The summed E-state index contributed by atoms with van der Waals surface area (Å²) in [7, 11) is 0. The highest BCUT2D eigenvalue weighted by Gasteiger charge is 2.36. The van der Waals surface area contributed by atoms with Crippen LogP contribution in [0.5, 0.6) is 0 Å². The van der Waals surface area contributed by atoms with Crippen LogP contribution in [-0.2, 0) is 4.79 Å². The maximum Gasteiger partial charge on any atom is 0.293 e. The molecule has 2 fully saturated rings. The van der Waals surface area contributed by atoms with Gasteiger partial charge in [-0.3, -0.25) is 14.5 Å². The Hall–Kier alpha value is -1.63. The molecule has 28 heavy (non-hydrogen) atoms. The van der Waals surface area contributed by atoms with E-state index in [0.29, 0.717) is 28.2 Å². The lowest BCUT2D eigenvalue weighted by molar-refractivity contribution is -0.123. The molecule has 1 aromatic carbocycles. The Bertz CT molecular complexity index is 901. The molecule has 1 saturated carbocycles. The summed E-state index contributed by atoms with van der Waals surface area (Å²) in [4.78, 5) is 27.8. The van der Waals surface area contributed by atoms with Crippen LogP contribution in [0.4, 0.5) is 4.79 Å². The van der Waals surface area contributed by atoms with Crippen molar-refractivity contribution in [3.63, 3.8) is 0 Å². The van der Waals surface area contributed by atoms with E-state index in [2.05, 4.69) is 0 Å². The highest BCUT2D eigenvalue weighted by molar-refractivity contribution is 8.18. The molecule has 1 aromatic heterocycles. The molecule has 0 bridgehead atoms. The standard InChI is InChI=1S/C21H20ClNO3S2/c22-15-6-9-17(10-7-15)27-19-11-8-16(26-19)12-18-20(24)23(21(25)28-18)13-14-4-2-1-3-5-14/h6-12,14H,1-5,13H2/b18-12+. The van der Waals surface area contributed by atoms with Gasteiger partial charge in [0.15, 0.2) is 5.09 Å². The molecular formula is C21H20ClNO3S2. The summed E-state index contributed by atoms with van der Waals surface area (Å²) in [5, 5.41) is 1.23. The SMILES string of the molecule is O=C1S/C(=C/c2ccc(Sc3ccc(Cl)cc3)o2)C(=O)N1CC1CCCCC1. The monoisotopic (exact) mass is 433 g/mol. The number of thioether (sulfide) groups is 1. The third-order valence-electron chi connectivity index (χ3n) is 4.95. The molecule has 2 amide bonds. The van der Waals surface area contributed by atoms with E-state index in [1.165, 1.54) is 35.9 Å². The number of halogens is 1. The van der Waals surface area contributed by atoms with Crippen molar-refractivity contribution in [3.8, 4) is 0 Å². The van der Waals surface area contributed by atoms with E-state index in [1.807, 2.05) is 36.4 Å². The minimum atomic E-state index is -0.205. The van der Waals surface area contributed by atoms with E-state index in [1.54, 1.807) is 6.08 Å². The Morgan fingerprint density at radius 3 is 2.61 bits per heavy atom. The van der Waals surface area contributed by atoms with Crippen LogP contribution in [0.15, 0.2) is 55.7 Å². The minimum Gasteiger partial charge on any atom is -0.450 e. The van der Waals surface area contributed by atoms with Crippen molar-refractivity contribution in [3.05, 3.63) is 52.1 Å². The maximum atomic E-state index is 12.7. The van der Waals surface area contributed by atoms with Gasteiger partial charge in [-0.25, -0.2) is 0 Å². The second kappa shape index (κ2) is 8.80. The van der Waals surface area contributed by atoms with Crippen LogP contribution in [0, 0.1) is 5.92 Å². The van der Waals surface area contributed by atoms with E-state index in [4.69, 9.17) is 16.0 Å². The Kier molecular flexibility index (Phi) is 6.19. The predicted octanol–water partition coefficient (Wildman–Crippen LogP) is 6.70. The van der Waals surface area contributed by atoms with Gasteiger partial charge < -0.3 is 4.42 Å². The van der Waals surface area contributed by atoms with Crippen molar-refractivity contribution in [2.45, 2.75) is 42.1 Å². The summed E-state index contributed by atoms with van der Waals surface area (Å²) in [5.74, 6) is 0.802. The Morgan fingerprint density at radius 2 is 1.86 bits per heavy atom. The molecular weight excluding hydrogens is 414 g/mol. The number of imide groups is 1. The zero-order valence-electron chi connectivity index (χ0n) is 15.2. The van der Waals surface area contributed by atoms with Crippen molar-refractivity contribution in [2.24, 2.45) is 5.92 Å². The van der Waals surface area contributed by atoms with Crippen LogP contribution in [0.25, 0.3) is 6.08 Å². The molecule has 2 heterocycles. The normalized spacial score (nSPS) is 19.8. The molecule has 4 nitrogen and oxygen atoms in total. The predicted molar refractivity (Wildman–Crippen MR) is 114 cm³/mol. The van der Waals surface area contributed by atoms with Gasteiger partial charge in [0.2, 0.25) is 0 Å². The molecule has 1 saturated heterocycles. The first-order valence-electron chi connectivity index (χ1n) is 9.37. The fraction of sp³-hybridized carbons (Fsp3) is 0.333. The molecule has 146 valence electrons. The van der Waals surface area contributed by atoms with Gasteiger partial charge in [-0.05, 0) is 66.9 Å². The van der Waals surface area contributed by atoms with Crippen molar-refractivity contribution >= 4 is 52.3 Å². The molecule has 1 aliphatic carbocycles. The highest BCUT2D eigenvalue weighted by atomic mass is 35.5. The van der Waals surface area contributed by atoms with E-state index in [0.717, 1.165) is 34.6 Å². The number of hydrogen-bond donors (Lipinski definition) is 0. The van der Waals surface area contributed by atoms with Crippen LogP contribution >= 0.6 is 35.1 Å². The van der Waals surface area contributed by atoms with Gasteiger partial charge in [-0.1, -0.05) is 42.6 Å². The van der Waals surface area contributed by atoms with E-state index in [-0.39, 0.29) is 11.1 Å². The van der Waals surface area contributed by atoms with Crippen LogP contribution in [0.2, 0.25) is 5.02 Å². The Labute approximate surface area is 177 Å². The lowest BCUT2D eigenvalue weighted by atomic mass is 9.89. The molecule has 0 spiro atoms. The third-order valence-corrected chi connectivity index (χ3v) is 7.03. The van der Waals surface area contributed by atoms with Crippen LogP contribution in [0.3, 0.4) is 0 Å². The number of rotatable bonds is 5. The maximum absolute atomic E-state index is 12.7. The van der Waals surface area contributed by atoms with Gasteiger partial charge in [0.05, 0.1) is 4.91 Å². The molecule has 2 aromatic rings. The van der Waals surface area contributed by atoms with E-state index in [9.17, 15) is 9.59 Å². The van der Waals surface area contributed by atoms with Crippen LogP contribution in [0.1, 0.15) is 37.9 Å². The van der Waals surface area contributed by atoms with E-state index >= 15 is 0 Å². The summed E-state index contributed by atoms with van der Waals surface area (Å²) in [5.41, 5.74) is 0. The number of amides is 2. The van der Waals surface area contributed by atoms with Gasteiger partial charge in [0.1, 0.15) is 5.76 Å². The summed E-state index contributed by atoms with van der Waals surface area (Å²) in [6, 6.07) is 11.2. The first kappa shape index (κ1) is 19.7. The number of nitrogens with zero attached hydrogens (tertiary/aromatic N) is 1. The first-order chi connectivity index (χ1) is 13.6. The van der Waals surface area contributed by atoms with Crippen LogP contribution in [-0.4, -0.2) is 22.6 Å². The number of furan rings is 1. The fourth-order valence-corrected chi connectivity index (χ4v) is 5.23. The van der Waals surface area contributed by atoms with Gasteiger partial charge in [-0.2, -0.15) is 0 Å². The van der Waals surface area contributed by atoms with E-state index < -0.39 is 0 Å². The molecule has 0 atom stereocenters. The second-order valence-corrected chi connectivity index (χ2v) is 9.52. The number of carbonyl (C=O) groups excluding carboxylic acids is 2. The van der Waals surface area contributed by atoms with Crippen molar-refractivity contribution in [1.82, 2.24) is 4.90 Å². The summed E-state index contributed by atoms with van der Waals surface area (Å²) < 4.78 is 5.81. The largest absolute Gasteiger partial charge is 0.450 e. The summed E-state index contributed by atoms with van der Waals surface area (Å²) in [6.45, 7) is 0.540. The quantitative estimate of drug-likeness (QED) is 0.491. The Morgan fingerprint density at radius 1 is 1.11 bits per heavy atom. The smallest absolute Gasteiger partial charge is 0.293 e. The Balaban J connectivity index is 1.42. The van der Waals surface area contributed by atoms with Gasteiger partial charge in [0, 0.05) is 22.5 Å². The zero-order valence-corrected chi connectivity index (χ0v) is 17.6. The lowest BCUT2D eigenvalue weighted by Crippen LogP contribution is -2.34. The summed E-state index contributed by atoms with van der Waals surface area (Å²) in [6.07, 6.45) is 7.51. The van der Waals surface area contributed by atoms with Gasteiger partial charge in [-0.15, -0.1) is 0 Å². The zero-order chi connectivity index (χ0) is 19.5. The molecule has 7 heteroatoms. The molecule has 0 N–H and O–H groups in total. The summed E-state index contributed by atoms with van der Waals surface area (Å²) >= 11 is 8.38. The molecule has 0 radical (unpaired) electrons. The number of hydrogen-bond acceptors (Lipinski definition) is 5. The second-order valence-electron chi connectivity index (χ2n) is 7.01. The average molecular weight is 434 g/mol. The van der Waals surface area contributed by atoms with Gasteiger partial charge in [0.25, 0.3) is 11.1 Å². The average Bonchev–Trinajstić information content (AvgIpc) is 3.24.